The van der Waals surface area contributed by atoms with Crippen molar-refractivity contribution in [2.75, 3.05) is 31.1 Å². The van der Waals surface area contributed by atoms with Gasteiger partial charge < -0.3 is 4.90 Å². The zero-order chi connectivity index (χ0) is 23.2. The lowest BCUT2D eigenvalue weighted by molar-refractivity contribution is -0.119. The maximum Gasteiger partial charge on any atom is 0.240 e. The van der Waals surface area contributed by atoms with E-state index in [4.69, 9.17) is 16.6 Å². The van der Waals surface area contributed by atoms with Gasteiger partial charge in [-0.05, 0) is 36.3 Å². The fraction of sp³-hybridized carbons (Fsp3) is 0.259. The summed E-state index contributed by atoms with van der Waals surface area (Å²) >= 11 is 7.93. The van der Waals surface area contributed by atoms with Gasteiger partial charge in [0.2, 0.25) is 5.91 Å². The number of carbonyl (C=O) groups is 1. The summed E-state index contributed by atoms with van der Waals surface area (Å²) in [7, 11) is 0. The van der Waals surface area contributed by atoms with Crippen molar-refractivity contribution in [1.29, 1.82) is 0 Å². The Hall–Kier alpha value is -2.73. The smallest absolute Gasteiger partial charge is 0.240 e. The van der Waals surface area contributed by atoms with Crippen molar-refractivity contribution in [3.63, 3.8) is 0 Å². The molecule has 6 heteroatoms. The monoisotopic (exact) mass is 477 g/mol. The first-order valence-electron chi connectivity index (χ1n) is 11.3. The Morgan fingerprint density at radius 3 is 2.03 bits per heavy atom. The van der Waals surface area contributed by atoms with Crippen LogP contribution in [-0.2, 0) is 4.79 Å². The van der Waals surface area contributed by atoms with Gasteiger partial charge in [-0.25, -0.2) is 4.98 Å². The molecule has 0 aliphatic heterocycles. The third-order valence-corrected chi connectivity index (χ3v) is 7.25. The fourth-order valence-electron chi connectivity index (χ4n) is 4.02. The second-order valence-corrected chi connectivity index (χ2v) is 9.27. The van der Waals surface area contributed by atoms with Crippen molar-refractivity contribution in [3.05, 3.63) is 95.0 Å². The Balaban J connectivity index is 1.78. The molecular weight excluding hydrogens is 450 g/mol. The van der Waals surface area contributed by atoms with Gasteiger partial charge in [0.1, 0.15) is 5.52 Å². The summed E-state index contributed by atoms with van der Waals surface area (Å²) in [5.41, 5.74) is 2.69. The molecule has 1 amide bonds. The fourth-order valence-corrected chi connectivity index (χ4v) is 5.32. The van der Waals surface area contributed by atoms with Gasteiger partial charge in [-0.3, -0.25) is 9.69 Å². The van der Waals surface area contributed by atoms with Crippen LogP contribution in [0.5, 0.6) is 0 Å². The van der Waals surface area contributed by atoms with E-state index in [0.29, 0.717) is 16.7 Å². The molecule has 0 bridgehead atoms. The van der Waals surface area contributed by atoms with Gasteiger partial charge in [0.25, 0.3) is 0 Å². The highest BCUT2D eigenvalue weighted by Gasteiger charge is 2.30. The minimum absolute atomic E-state index is 0.0229. The summed E-state index contributed by atoms with van der Waals surface area (Å²) in [5.74, 6) is -0.388. The maximum absolute atomic E-state index is 14.2. The minimum Gasteiger partial charge on any atom is -0.302 e. The highest BCUT2D eigenvalue weighted by Crippen LogP contribution is 2.35. The van der Waals surface area contributed by atoms with Crippen LogP contribution in [0.3, 0.4) is 0 Å². The van der Waals surface area contributed by atoms with Crippen molar-refractivity contribution >= 4 is 44.2 Å². The number of benzene rings is 3. The quantitative estimate of drug-likeness (QED) is 0.277. The average Bonchev–Trinajstić information content (AvgIpc) is 3.29. The van der Waals surface area contributed by atoms with E-state index in [1.54, 1.807) is 0 Å². The van der Waals surface area contributed by atoms with Crippen LogP contribution in [0.4, 0.5) is 5.13 Å². The van der Waals surface area contributed by atoms with E-state index < -0.39 is 5.92 Å². The lowest BCUT2D eigenvalue weighted by Gasteiger charge is -2.28. The zero-order valence-electron chi connectivity index (χ0n) is 18.9. The van der Waals surface area contributed by atoms with Gasteiger partial charge in [-0.1, -0.05) is 104 Å². The van der Waals surface area contributed by atoms with E-state index in [1.165, 1.54) is 11.3 Å². The number of likely N-dealkylation sites (N-methyl/N-ethyl adjacent to an activating group) is 1. The number of carbonyl (C=O) groups excluding carboxylic acids is 1. The Morgan fingerprint density at radius 1 is 0.879 bits per heavy atom. The highest BCUT2D eigenvalue weighted by molar-refractivity contribution is 7.22. The standard InChI is InChI=1S/C27H28ClN3OS/c1-3-30(4-2)18-19-31(27-29-25-22(28)16-11-17-23(25)33-27)26(32)24(20-12-7-5-8-13-20)21-14-9-6-10-15-21/h5-17,24H,3-4,18-19H2,1-2H3. The summed E-state index contributed by atoms with van der Waals surface area (Å²) in [6, 6.07) is 25.7. The number of thiazole rings is 1. The van der Waals surface area contributed by atoms with Crippen LogP contribution in [0.1, 0.15) is 30.9 Å². The molecule has 170 valence electrons. The van der Waals surface area contributed by atoms with E-state index in [9.17, 15) is 4.79 Å². The summed E-state index contributed by atoms with van der Waals surface area (Å²) in [6.07, 6.45) is 0. The molecule has 0 fully saturated rings. The Bertz CT molecular complexity index is 1150. The molecule has 0 atom stereocenters. The van der Waals surface area contributed by atoms with Gasteiger partial charge in [-0.15, -0.1) is 0 Å². The van der Waals surface area contributed by atoms with Crippen molar-refractivity contribution in [2.45, 2.75) is 19.8 Å². The average molecular weight is 478 g/mol. The number of hydrogen-bond donors (Lipinski definition) is 0. The molecule has 0 saturated heterocycles. The number of para-hydroxylation sites is 1. The van der Waals surface area contributed by atoms with Gasteiger partial charge >= 0.3 is 0 Å². The highest BCUT2D eigenvalue weighted by atomic mass is 35.5. The second kappa shape index (κ2) is 10.9. The van der Waals surface area contributed by atoms with Crippen molar-refractivity contribution in [2.24, 2.45) is 0 Å². The van der Waals surface area contributed by atoms with E-state index in [0.717, 1.165) is 41.0 Å². The predicted molar refractivity (Wildman–Crippen MR) is 139 cm³/mol. The zero-order valence-corrected chi connectivity index (χ0v) is 20.5. The summed E-state index contributed by atoms with van der Waals surface area (Å²) in [5, 5.41) is 1.29. The SMILES string of the molecule is CCN(CC)CCN(C(=O)C(c1ccccc1)c1ccccc1)c1nc2c(Cl)cccc2s1. The lowest BCUT2D eigenvalue weighted by Crippen LogP contribution is -2.41. The minimum atomic E-state index is -0.411. The van der Waals surface area contributed by atoms with E-state index >= 15 is 0 Å². The number of halogens is 1. The molecule has 0 aliphatic carbocycles. The van der Waals surface area contributed by atoms with Crippen LogP contribution in [0.15, 0.2) is 78.9 Å². The molecule has 4 rings (SSSR count). The van der Waals surface area contributed by atoms with Crippen LogP contribution in [-0.4, -0.2) is 42.0 Å². The molecular formula is C27H28ClN3OS. The maximum atomic E-state index is 14.2. The van der Waals surface area contributed by atoms with Gasteiger partial charge in [0, 0.05) is 13.1 Å². The topological polar surface area (TPSA) is 36.4 Å². The molecule has 3 aromatic carbocycles. The molecule has 1 heterocycles. The lowest BCUT2D eigenvalue weighted by atomic mass is 9.90. The second-order valence-electron chi connectivity index (χ2n) is 7.85. The number of hydrogen-bond acceptors (Lipinski definition) is 4. The predicted octanol–water partition coefficient (Wildman–Crippen LogP) is 6.46. The molecule has 4 nitrogen and oxygen atoms in total. The number of nitrogens with zero attached hydrogens (tertiary/aromatic N) is 3. The first-order valence-corrected chi connectivity index (χ1v) is 12.5. The summed E-state index contributed by atoms with van der Waals surface area (Å²) in [4.78, 5) is 23.2. The molecule has 0 unspecified atom stereocenters. The summed E-state index contributed by atoms with van der Waals surface area (Å²) < 4.78 is 0.981. The van der Waals surface area contributed by atoms with E-state index in [2.05, 4.69) is 18.7 Å². The number of rotatable bonds is 9. The number of anilines is 1. The number of aromatic nitrogens is 1. The van der Waals surface area contributed by atoms with E-state index in [-0.39, 0.29) is 5.91 Å². The molecule has 0 spiro atoms. The number of amides is 1. The molecule has 0 aliphatic rings. The van der Waals surface area contributed by atoms with E-state index in [1.807, 2.05) is 83.8 Å². The Labute approximate surface area is 204 Å². The van der Waals surface area contributed by atoms with Crippen molar-refractivity contribution < 1.29 is 4.79 Å². The normalized spacial score (nSPS) is 11.4. The van der Waals surface area contributed by atoms with Gasteiger partial charge in [0.15, 0.2) is 5.13 Å². The van der Waals surface area contributed by atoms with Gasteiger partial charge in [0.05, 0.1) is 15.6 Å². The van der Waals surface area contributed by atoms with Crippen LogP contribution in [0.25, 0.3) is 10.2 Å². The third-order valence-electron chi connectivity index (χ3n) is 5.90. The Morgan fingerprint density at radius 2 is 1.48 bits per heavy atom. The van der Waals surface area contributed by atoms with Crippen LogP contribution in [0, 0.1) is 0 Å². The van der Waals surface area contributed by atoms with Crippen LogP contribution < -0.4 is 4.90 Å². The molecule has 4 aromatic rings. The van der Waals surface area contributed by atoms with Crippen molar-refractivity contribution in [3.8, 4) is 0 Å². The van der Waals surface area contributed by atoms with Crippen LogP contribution in [0.2, 0.25) is 5.02 Å². The third kappa shape index (κ3) is 5.27. The largest absolute Gasteiger partial charge is 0.302 e. The van der Waals surface area contributed by atoms with Crippen LogP contribution >= 0.6 is 22.9 Å². The Kier molecular flexibility index (Phi) is 7.76. The first kappa shape index (κ1) is 23.4. The molecule has 0 saturated carbocycles. The molecule has 33 heavy (non-hydrogen) atoms. The molecule has 0 radical (unpaired) electrons. The molecule has 1 aromatic heterocycles. The summed E-state index contributed by atoms with van der Waals surface area (Å²) in [6.45, 7) is 7.50. The first-order chi connectivity index (χ1) is 16.1. The number of fused-ring (bicyclic) bond motifs is 1. The molecule has 0 N–H and O–H groups in total. The van der Waals surface area contributed by atoms with Gasteiger partial charge in [-0.2, -0.15) is 0 Å². The van der Waals surface area contributed by atoms with Crippen molar-refractivity contribution in [1.82, 2.24) is 9.88 Å².